The van der Waals surface area contributed by atoms with Gasteiger partial charge in [-0.2, -0.15) is 0 Å². The van der Waals surface area contributed by atoms with E-state index in [1.54, 1.807) is 0 Å². The molecule has 0 aromatic heterocycles. The van der Waals surface area contributed by atoms with Crippen LogP contribution in [0.2, 0.25) is 5.02 Å². The Kier molecular flexibility index (Phi) is 7.71. The van der Waals surface area contributed by atoms with Gasteiger partial charge in [0.25, 0.3) is 0 Å². The molecule has 0 saturated heterocycles. The normalized spacial score (nSPS) is 30.3. The Morgan fingerprint density at radius 1 is 0.760 bits per heavy atom. The molecule has 0 bridgehead atoms. The van der Waals surface area contributed by atoms with E-state index in [4.69, 9.17) is 11.6 Å². The topological polar surface area (TPSA) is 0 Å². The van der Waals surface area contributed by atoms with Crippen molar-refractivity contribution in [3.05, 3.63) is 34.9 Å². The molecule has 0 N–H and O–H groups in total. The fourth-order valence-corrected chi connectivity index (χ4v) is 5.54. The van der Waals surface area contributed by atoms with Crippen molar-refractivity contribution < 1.29 is 0 Å². The highest BCUT2D eigenvalue weighted by molar-refractivity contribution is 6.30. The van der Waals surface area contributed by atoms with Crippen LogP contribution < -0.4 is 0 Å². The molecular weight excluding hydrogens is 324 g/mol. The van der Waals surface area contributed by atoms with Gasteiger partial charge in [0.2, 0.25) is 0 Å². The maximum absolute atomic E-state index is 5.98. The first-order chi connectivity index (χ1) is 12.2. The highest BCUT2D eigenvalue weighted by Crippen LogP contribution is 2.43. The molecule has 2 saturated carbocycles. The van der Waals surface area contributed by atoms with Crippen LogP contribution in [0.25, 0.3) is 0 Å². The summed E-state index contributed by atoms with van der Waals surface area (Å²) in [6.45, 7) is 2.33. The molecule has 0 amide bonds. The van der Waals surface area contributed by atoms with Crippen molar-refractivity contribution in [1.29, 1.82) is 0 Å². The predicted octanol–water partition coefficient (Wildman–Crippen LogP) is 8.08. The molecule has 25 heavy (non-hydrogen) atoms. The number of rotatable bonds is 7. The van der Waals surface area contributed by atoms with Crippen LogP contribution in [-0.4, -0.2) is 0 Å². The van der Waals surface area contributed by atoms with Crippen LogP contribution in [-0.2, 0) is 6.42 Å². The van der Waals surface area contributed by atoms with Gasteiger partial charge >= 0.3 is 0 Å². The van der Waals surface area contributed by atoms with Crippen molar-refractivity contribution >= 4 is 11.6 Å². The number of halogens is 1. The van der Waals surface area contributed by atoms with Crippen LogP contribution in [0, 0.1) is 23.7 Å². The monoisotopic (exact) mass is 360 g/mol. The summed E-state index contributed by atoms with van der Waals surface area (Å²) in [7, 11) is 0. The van der Waals surface area contributed by atoms with Gasteiger partial charge in [0.05, 0.1) is 0 Å². The minimum atomic E-state index is 0.855. The number of benzene rings is 1. The summed E-state index contributed by atoms with van der Waals surface area (Å²) in [5, 5.41) is 0.855. The molecule has 2 aliphatic carbocycles. The Morgan fingerprint density at radius 3 is 1.80 bits per heavy atom. The average Bonchev–Trinajstić information content (AvgIpc) is 2.67. The molecule has 0 heterocycles. The third kappa shape index (κ3) is 6.02. The molecule has 0 unspecified atom stereocenters. The summed E-state index contributed by atoms with van der Waals surface area (Å²) >= 11 is 5.98. The van der Waals surface area contributed by atoms with E-state index in [-0.39, 0.29) is 0 Å². The van der Waals surface area contributed by atoms with Crippen LogP contribution in [0.5, 0.6) is 0 Å². The number of unbranched alkanes of at least 4 members (excludes halogenated alkanes) is 1. The molecule has 1 aromatic carbocycles. The quantitative estimate of drug-likeness (QED) is 0.461. The van der Waals surface area contributed by atoms with E-state index in [2.05, 4.69) is 19.1 Å². The smallest absolute Gasteiger partial charge is 0.0406 e. The Balaban J connectivity index is 1.34. The average molecular weight is 361 g/mol. The molecule has 140 valence electrons. The Bertz CT molecular complexity index is 475. The standard InChI is InChI=1S/C24H37Cl/c1-2-3-4-19-7-13-22(14-8-19)23-15-9-20(10-16-23)5-6-21-11-17-24(25)18-12-21/h11-12,17-20,22-23H,2-10,13-16H2,1H3. The fourth-order valence-electron chi connectivity index (χ4n) is 5.41. The van der Waals surface area contributed by atoms with Crippen molar-refractivity contribution in [2.45, 2.75) is 90.4 Å². The first kappa shape index (κ1) is 19.3. The molecule has 0 radical (unpaired) electrons. The zero-order chi connectivity index (χ0) is 17.5. The predicted molar refractivity (Wildman–Crippen MR) is 110 cm³/mol. The number of aryl methyl sites for hydroxylation is 1. The van der Waals surface area contributed by atoms with Gasteiger partial charge in [0.1, 0.15) is 0 Å². The largest absolute Gasteiger partial charge is 0.0843 e. The molecule has 0 spiro atoms. The van der Waals surface area contributed by atoms with Crippen molar-refractivity contribution in [3.8, 4) is 0 Å². The SMILES string of the molecule is CCCCC1CCC(C2CCC(CCc3ccc(Cl)cc3)CC2)CC1. The molecule has 2 fully saturated rings. The van der Waals surface area contributed by atoms with Gasteiger partial charge in [0.15, 0.2) is 0 Å². The first-order valence-electron chi connectivity index (χ1n) is 11.0. The molecule has 2 aliphatic rings. The van der Waals surface area contributed by atoms with Gasteiger partial charge in [-0.3, -0.25) is 0 Å². The molecule has 0 nitrogen and oxygen atoms in total. The number of hydrogen-bond donors (Lipinski definition) is 0. The van der Waals surface area contributed by atoms with E-state index < -0.39 is 0 Å². The molecule has 0 aliphatic heterocycles. The van der Waals surface area contributed by atoms with E-state index >= 15 is 0 Å². The Morgan fingerprint density at radius 2 is 1.28 bits per heavy atom. The highest BCUT2D eigenvalue weighted by atomic mass is 35.5. The van der Waals surface area contributed by atoms with Crippen LogP contribution in [0.15, 0.2) is 24.3 Å². The van der Waals surface area contributed by atoms with E-state index in [1.807, 2.05) is 12.1 Å². The zero-order valence-corrected chi connectivity index (χ0v) is 16.9. The first-order valence-corrected chi connectivity index (χ1v) is 11.4. The lowest BCUT2D eigenvalue weighted by Gasteiger charge is -2.38. The second kappa shape index (κ2) is 10.0. The molecule has 3 rings (SSSR count). The Labute approximate surface area is 160 Å². The second-order valence-electron chi connectivity index (χ2n) is 8.87. The molecule has 0 atom stereocenters. The third-order valence-electron chi connectivity index (χ3n) is 7.17. The lowest BCUT2D eigenvalue weighted by molar-refractivity contribution is 0.140. The van der Waals surface area contributed by atoms with Crippen LogP contribution in [0.1, 0.15) is 89.5 Å². The molecule has 1 aromatic rings. The molecular formula is C24H37Cl. The summed E-state index contributed by atoms with van der Waals surface area (Å²) < 4.78 is 0. The van der Waals surface area contributed by atoms with Crippen molar-refractivity contribution in [2.75, 3.05) is 0 Å². The maximum Gasteiger partial charge on any atom is 0.0406 e. The van der Waals surface area contributed by atoms with Gasteiger partial charge in [-0.25, -0.2) is 0 Å². The molecule has 1 heteroatoms. The lowest BCUT2D eigenvalue weighted by atomic mass is 9.68. The van der Waals surface area contributed by atoms with Gasteiger partial charge in [-0.1, -0.05) is 75.6 Å². The van der Waals surface area contributed by atoms with E-state index in [9.17, 15) is 0 Å². The zero-order valence-electron chi connectivity index (χ0n) is 16.2. The van der Waals surface area contributed by atoms with Crippen molar-refractivity contribution in [2.24, 2.45) is 23.7 Å². The van der Waals surface area contributed by atoms with Crippen LogP contribution >= 0.6 is 11.6 Å². The summed E-state index contributed by atoms with van der Waals surface area (Å²) in [6, 6.07) is 8.46. The Hall–Kier alpha value is -0.490. The lowest BCUT2D eigenvalue weighted by Crippen LogP contribution is -2.26. The van der Waals surface area contributed by atoms with Crippen molar-refractivity contribution in [1.82, 2.24) is 0 Å². The third-order valence-corrected chi connectivity index (χ3v) is 7.42. The summed E-state index contributed by atoms with van der Waals surface area (Å²) in [5.41, 5.74) is 1.46. The van der Waals surface area contributed by atoms with Crippen LogP contribution in [0.4, 0.5) is 0 Å². The summed E-state index contributed by atoms with van der Waals surface area (Å²) in [5.74, 6) is 4.15. The van der Waals surface area contributed by atoms with E-state index in [0.717, 1.165) is 28.7 Å². The second-order valence-corrected chi connectivity index (χ2v) is 9.31. The van der Waals surface area contributed by atoms with Gasteiger partial charge in [-0.15, -0.1) is 0 Å². The minimum Gasteiger partial charge on any atom is -0.0843 e. The van der Waals surface area contributed by atoms with Gasteiger partial charge in [0, 0.05) is 5.02 Å². The number of hydrogen-bond acceptors (Lipinski definition) is 0. The van der Waals surface area contributed by atoms with E-state index in [0.29, 0.717) is 0 Å². The van der Waals surface area contributed by atoms with E-state index in [1.165, 1.54) is 89.0 Å². The van der Waals surface area contributed by atoms with Gasteiger partial charge in [-0.05, 0) is 79.9 Å². The van der Waals surface area contributed by atoms with Crippen molar-refractivity contribution in [3.63, 3.8) is 0 Å². The van der Waals surface area contributed by atoms with Gasteiger partial charge < -0.3 is 0 Å². The highest BCUT2D eigenvalue weighted by Gasteiger charge is 2.30. The van der Waals surface area contributed by atoms with Crippen LogP contribution in [0.3, 0.4) is 0 Å². The summed E-state index contributed by atoms with van der Waals surface area (Å²) in [6.07, 6.45) is 19.0. The minimum absolute atomic E-state index is 0.855. The summed E-state index contributed by atoms with van der Waals surface area (Å²) in [4.78, 5) is 0. The maximum atomic E-state index is 5.98. The fraction of sp³-hybridized carbons (Fsp3) is 0.750.